The summed E-state index contributed by atoms with van der Waals surface area (Å²) in [5.41, 5.74) is 2.17. The number of rotatable bonds is 7. The van der Waals surface area contributed by atoms with Crippen molar-refractivity contribution in [2.75, 3.05) is 19.6 Å². The summed E-state index contributed by atoms with van der Waals surface area (Å²) in [6.07, 6.45) is 1.60. The number of likely N-dealkylation sites (tertiary alicyclic amines) is 1. The molecule has 34 heavy (non-hydrogen) atoms. The second-order valence-electron chi connectivity index (χ2n) is 8.56. The van der Waals surface area contributed by atoms with E-state index in [0.29, 0.717) is 35.9 Å². The largest absolute Gasteiger partial charge is 0.342 e. The molecule has 0 saturated carbocycles. The number of aryl methyl sites for hydroxylation is 2. The van der Waals surface area contributed by atoms with Gasteiger partial charge >= 0.3 is 0 Å². The quantitative estimate of drug-likeness (QED) is 0.547. The number of piperidine rings is 1. The minimum atomic E-state index is -3.70. The smallest absolute Gasteiger partial charge is 0.240 e. The number of hydrogen-bond donors (Lipinski definition) is 1. The standard InChI is InChI=1S/C24H27FN4O4S/c1-16-8-9-21(17(2)13-16)34(31,32)26-11-10-22(30)29-12-4-6-19(15-29)24-27-23(28-33-24)18-5-3-7-20(25)14-18/h3,5,7-9,13-14,19,26H,4,6,10-12,15H2,1-2H3. The molecule has 1 aliphatic rings. The van der Waals surface area contributed by atoms with Crippen LogP contribution in [0.15, 0.2) is 51.9 Å². The molecular weight excluding hydrogens is 459 g/mol. The monoisotopic (exact) mass is 486 g/mol. The number of halogens is 1. The van der Waals surface area contributed by atoms with Gasteiger partial charge in [-0.3, -0.25) is 4.79 Å². The first kappa shape index (κ1) is 24.0. The van der Waals surface area contributed by atoms with E-state index >= 15 is 0 Å². The number of benzene rings is 2. The summed E-state index contributed by atoms with van der Waals surface area (Å²) in [7, 11) is -3.70. The van der Waals surface area contributed by atoms with Crippen molar-refractivity contribution < 1.29 is 22.1 Å². The predicted molar refractivity (Wildman–Crippen MR) is 124 cm³/mol. The van der Waals surface area contributed by atoms with Crippen molar-refractivity contribution in [1.82, 2.24) is 19.8 Å². The minimum absolute atomic E-state index is 0.0138. The molecule has 4 rings (SSSR count). The van der Waals surface area contributed by atoms with E-state index in [1.54, 1.807) is 36.1 Å². The van der Waals surface area contributed by atoms with Crippen LogP contribution < -0.4 is 4.72 Å². The molecule has 0 spiro atoms. The molecule has 1 aliphatic heterocycles. The molecule has 1 unspecified atom stereocenters. The Balaban J connectivity index is 1.34. The molecule has 1 saturated heterocycles. The fourth-order valence-electron chi connectivity index (χ4n) is 4.18. The molecule has 1 fully saturated rings. The fourth-order valence-corrected chi connectivity index (χ4v) is 5.44. The van der Waals surface area contributed by atoms with Crippen LogP contribution >= 0.6 is 0 Å². The van der Waals surface area contributed by atoms with E-state index in [9.17, 15) is 17.6 Å². The second-order valence-corrected chi connectivity index (χ2v) is 10.3. The van der Waals surface area contributed by atoms with Gasteiger partial charge in [0.1, 0.15) is 5.82 Å². The molecule has 1 N–H and O–H groups in total. The van der Waals surface area contributed by atoms with Gasteiger partial charge in [-0.25, -0.2) is 17.5 Å². The Morgan fingerprint density at radius 1 is 1.24 bits per heavy atom. The van der Waals surface area contributed by atoms with E-state index in [-0.39, 0.29) is 35.5 Å². The maximum atomic E-state index is 13.5. The molecule has 10 heteroatoms. The summed E-state index contributed by atoms with van der Waals surface area (Å²) in [6, 6.07) is 11.1. The van der Waals surface area contributed by atoms with Gasteiger partial charge in [-0.1, -0.05) is 35.0 Å². The summed E-state index contributed by atoms with van der Waals surface area (Å²) in [4.78, 5) is 19.1. The minimum Gasteiger partial charge on any atom is -0.342 e. The van der Waals surface area contributed by atoms with Gasteiger partial charge in [0.2, 0.25) is 27.6 Å². The van der Waals surface area contributed by atoms with Crippen molar-refractivity contribution >= 4 is 15.9 Å². The molecule has 180 valence electrons. The van der Waals surface area contributed by atoms with E-state index in [0.717, 1.165) is 18.4 Å². The normalized spacial score (nSPS) is 16.6. The SMILES string of the molecule is Cc1ccc(S(=O)(=O)NCCC(=O)N2CCCC(c3nc(-c4cccc(F)c4)no3)C2)c(C)c1. The van der Waals surface area contributed by atoms with Crippen LogP contribution in [-0.4, -0.2) is 49.0 Å². The zero-order valence-corrected chi connectivity index (χ0v) is 19.9. The number of carbonyl (C=O) groups excluding carboxylic acids is 1. The van der Waals surface area contributed by atoms with Crippen molar-refractivity contribution in [3.05, 3.63) is 65.3 Å². The first-order valence-corrected chi connectivity index (χ1v) is 12.7. The zero-order valence-electron chi connectivity index (χ0n) is 19.1. The summed E-state index contributed by atoms with van der Waals surface area (Å²) in [6.45, 7) is 4.66. The molecule has 8 nitrogen and oxygen atoms in total. The Morgan fingerprint density at radius 3 is 2.82 bits per heavy atom. The van der Waals surface area contributed by atoms with E-state index in [4.69, 9.17) is 4.52 Å². The third-order valence-corrected chi connectivity index (χ3v) is 7.52. The van der Waals surface area contributed by atoms with E-state index in [2.05, 4.69) is 14.9 Å². The lowest BCUT2D eigenvalue weighted by molar-refractivity contribution is -0.132. The number of nitrogens with zero attached hydrogens (tertiary/aromatic N) is 3. The molecule has 2 aromatic carbocycles. The molecule has 1 amide bonds. The molecule has 0 aliphatic carbocycles. The van der Waals surface area contributed by atoms with Gasteiger partial charge in [0.25, 0.3) is 0 Å². The van der Waals surface area contributed by atoms with Crippen molar-refractivity contribution in [3.8, 4) is 11.4 Å². The molecular formula is C24H27FN4O4S. The third-order valence-electron chi connectivity index (χ3n) is 5.90. The van der Waals surface area contributed by atoms with Crippen molar-refractivity contribution in [2.24, 2.45) is 0 Å². The Morgan fingerprint density at radius 2 is 2.06 bits per heavy atom. The highest BCUT2D eigenvalue weighted by molar-refractivity contribution is 7.89. The van der Waals surface area contributed by atoms with Gasteiger partial charge in [-0.15, -0.1) is 0 Å². The maximum absolute atomic E-state index is 13.5. The summed E-state index contributed by atoms with van der Waals surface area (Å²) in [5.74, 6) is 0.0647. The van der Waals surface area contributed by atoms with E-state index < -0.39 is 10.0 Å². The van der Waals surface area contributed by atoms with Crippen LogP contribution in [0.2, 0.25) is 0 Å². The highest BCUT2D eigenvalue weighted by Crippen LogP contribution is 2.28. The first-order valence-electron chi connectivity index (χ1n) is 11.2. The lowest BCUT2D eigenvalue weighted by Gasteiger charge is -2.31. The number of amides is 1. The van der Waals surface area contributed by atoms with Crippen LogP contribution in [0.25, 0.3) is 11.4 Å². The van der Waals surface area contributed by atoms with Crippen LogP contribution in [0, 0.1) is 19.7 Å². The Hall–Kier alpha value is -3.11. The number of sulfonamides is 1. The zero-order chi connectivity index (χ0) is 24.3. The lowest BCUT2D eigenvalue weighted by Crippen LogP contribution is -2.40. The molecule has 0 radical (unpaired) electrons. The maximum Gasteiger partial charge on any atom is 0.240 e. The molecule has 1 atom stereocenters. The van der Waals surface area contributed by atoms with Gasteiger partial charge in [-0.2, -0.15) is 4.98 Å². The predicted octanol–water partition coefficient (Wildman–Crippen LogP) is 3.57. The Bertz CT molecular complexity index is 1290. The van der Waals surface area contributed by atoms with Gasteiger partial charge in [-0.05, 0) is 50.5 Å². The van der Waals surface area contributed by atoms with Gasteiger partial charge in [0.15, 0.2) is 0 Å². The third kappa shape index (κ3) is 5.51. The van der Waals surface area contributed by atoms with E-state index in [1.807, 2.05) is 13.0 Å². The Kier molecular flexibility index (Phi) is 7.08. The van der Waals surface area contributed by atoms with Crippen molar-refractivity contribution in [3.63, 3.8) is 0 Å². The van der Waals surface area contributed by atoms with Crippen molar-refractivity contribution in [1.29, 1.82) is 0 Å². The molecule has 1 aromatic heterocycles. The van der Waals surface area contributed by atoms with Crippen LogP contribution in [-0.2, 0) is 14.8 Å². The van der Waals surface area contributed by atoms with Gasteiger partial charge in [0, 0.05) is 31.6 Å². The van der Waals surface area contributed by atoms with Crippen LogP contribution in [0.1, 0.15) is 42.2 Å². The van der Waals surface area contributed by atoms with Crippen molar-refractivity contribution in [2.45, 2.75) is 43.9 Å². The second kappa shape index (κ2) is 10.0. The number of hydrogen-bond acceptors (Lipinski definition) is 6. The average Bonchev–Trinajstić information content (AvgIpc) is 3.29. The van der Waals surface area contributed by atoms with Crippen LogP contribution in [0.5, 0.6) is 0 Å². The summed E-state index contributed by atoms with van der Waals surface area (Å²) >= 11 is 0. The van der Waals surface area contributed by atoms with E-state index in [1.165, 1.54) is 12.1 Å². The lowest BCUT2D eigenvalue weighted by atomic mass is 9.97. The molecule has 3 aromatic rings. The molecule has 2 heterocycles. The molecule has 0 bridgehead atoms. The number of aromatic nitrogens is 2. The van der Waals surface area contributed by atoms with Gasteiger partial charge in [0.05, 0.1) is 10.8 Å². The van der Waals surface area contributed by atoms with Crippen LogP contribution in [0.4, 0.5) is 4.39 Å². The average molecular weight is 487 g/mol. The number of nitrogens with one attached hydrogen (secondary N) is 1. The Labute approximate surface area is 198 Å². The summed E-state index contributed by atoms with van der Waals surface area (Å²) in [5, 5.41) is 3.96. The fraction of sp³-hybridized carbons (Fsp3) is 0.375. The topological polar surface area (TPSA) is 105 Å². The first-order chi connectivity index (χ1) is 16.2. The number of carbonyl (C=O) groups is 1. The highest BCUT2D eigenvalue weighted by Gasteiger charge is 2.29. The van der Waals surface area contributed by atoms with Gasteiger partial charge < -0.3 is 9.42 Å². The van der Waals surface area contributed by atoms with Crippen LogP contribution in [0.3, 0.4) is 0 Å². The highest BCUT2D eigenvalue weighted by atomic mass is 32.2. The summed E-state index contributed by atoms with van der Waals surface area (Å²) < 4.78 is 46.6.